The molecule has 0 aliphatic heterocycles. The average Bonchev–Trinajstić information content (AvgIpc) is 2.96. The summed E-state index contributed by atoms with van der Waals surface area (Å²) in [6.07, 6.45) is 7.28. The van der Waals surface area contributed by atoms with E-state index in [1.807, 2.05) is 24.3 Å². The molecule has 7 rings (SSSR count). The Hall–Kier alpha value is -3.83. The molecular formula is C33H31N3O2. The molecule has 0 amide bonds. The van der Waals surface area contributed by atoms with E-state index in [1.165, 1.54) is 27.8 Å². The standard InChI is InChI=1S/C33H31N3O2/c1-3-4-10-24-25-14-12-21-16-19-7-5-9-23(18-37)28(19)34-30(21)32(25)36-33-26(24)15-13-22-17-20-8-6-11-27(38-2)29(20)35-31(22)33/h5-9,11,16-17,37H,3-4,10,12-15,18H2,1-2H3. The van der Waals surface area contributed by atoms with Gasteiger partial charge in [-0.2, -0.15) is 0 Å². The Kier molecular flexibility index (Phi) is 5.62. The van der Waals surface area contributed by atoms with Gasteiger partial charge in [-0.15, -0.1) is 0 Å². The lowest BCUT2D eigenvalue weighted by Gasteiger charge is -2.28. The van der Waals surface area contributed by atoms with Crippen LogP contribution in [0.4, 0.5) is 0 Å². The summed E-state index contributed by atoms with van der Waals surface area (Å²) in [5.74, 6) is 0.789. The normalized spacial score (nSPS) is 13.7. The van der Waals surface area contributed by atoms with E-state index in [2.05, 4.69) is 31.2 Å². The van der Waals surface area contributed by atoms with Crippen molar-refractivity contribution in [3.05, 3.63) is 81.9 Å². The van der Waals surface area contributed by atoms with E-state index in [1.54, 1.807) is 7.11 Å². The summed E-state index contributed by atoms with van der Waals surface area (Å²) in [4.78, 5) is 15.8. The number of ether oxygens (including phenoxy) is 1. The van der Waals surface area contributed by atoms with Crippen LogP contribution in [0.1, 0.15) is 53.1 Å². The van der Waals surface area contributed by atoms with Crippen LogP contribution in [-0.2, 0) is 38.7 Å². The van der Waals surface area contributed by atoms with Gasteiger partial charge in [0.15, 0.2) is 0 Å². The number of para-hydroxylation sites is 2. The van der Waals surface area contributed by atoms with E-state index in [-0.39, 0.29) is 6.61 Å². The van der Waals surface area contributed by atoms with Gasteiger partial charge in [-0.05, 0) is 84.5 Å². The van der Waals surface area contributed by atoms with Crippen LogP contribution in [0, 0.1) is 0 Å². The molecule has 0 atom stereocenters. The molecule has 0 unspecified atom stereocenters. The van der Waals surface area contributed by atoms with Crippen molar-refractivity contribution in [3.63, 3.8) is 0 Å². The van der Waals surface area contributed by atoms with Crippen molar-refractivity contribution in [1.29, 1.82) is 0 Å². The van der Waals surface area contributed by atoms with E-state index < -0.39 is 0 Å². The molecule has 2 aromatic carbocycles. The molecule has 0 saturated heterocycles. The fourth-order valence-electron chi connectivity index (χ4n) is 6.42. The lowest BCUT2D eigenvalue weighted by Crippen LogP contribution is -2.18. The fourth-order valence-corrected chi connectivity index (χ4v) is 6.42. The van der Waals surface area contributed by atoms with Crippen molar-refractivity contribution in [1.82, 2.24) is 15.0 Å². The first kappa shape index (κ1) is 23.3. The van der Waals surface area contributed by atoms with Crippen LogP contribution in [0.3, 0.4) is 0 Å². The molecule has 1 N–H and O–H groups in total. The molecule has 38 heavy (non-hydrogen) atoms. The van der Waals surface area contributed by atoms with Gasteiger partial charge >= 0.3 is 0 Å². The quantitative estimate of drug-likeness (QED) is 0.296. The summed E-state index contributed by atoms with van der Waals surface area (Å²) in [5.41, 5.74) is 13.2. The average molecular weight is 502 g/mol. The van der Waals surface area contributed by atoms with Gasteiger partial charge in [-0.1, -0.05) is 43.7 Å². The molecule has 0 spiro atoms. The minimum absolute atomic E-state index is 0.0262. The highest BCUT2D eigenvalue weighted by Gasteiger charge is 2.30. The highest BCUT2D eigenvalue weighted by Crippen LogP contribution is 2.43. The fraction of sp³-hybridized carbons (Fsp3) is 0.303. The Labute approximate surface area is 222 Å². The Morgan fingerprint density at radius 1 is 0.763 bits per heavy atom. The lowest BCUT2D eigenvalue weighted by molar-refractivity contribution is 0.283. The van der Waals surface area contributed by atoms with Gasteiger partial charge < -0.3 is 9.84 Å². The molecule has 0 bridgehead atoms. The molecule has 3 heterocycles. The van der Waals surface area contributed by atoms with E-state index in [4.69, 9.17) is 19.7 Å². The summed E-state index contributed by atoms with van der Waals surface area (Å²) in [7, 11) is 1.70. The van der Waals surface area contributed by atoms with Crippen LogP contribution in [0.25, 0.3) is 44.6 Å². The van der Waals surface area contributed by atoms with E-state index in [0.29, 0.717) is 0 Å². The first-order valence-corrected chi connectivity index (χ1v) is 13.7. The number of aliphatic hydroxyl groups excluding tert-OH is 1. The maximum Gasteiger partial charge on any atom is 0.145 e. The van der Waals surface area contributed by atoms with Crippen LogP contribution in [-0.4, -0.2) is 27.2 Å². The van der Waals surface area contributed by atoms with Crippen molar-refractivity contribution >= 4 is 21.8 Å². The lowest BCUT2D eigenvalue weighted by atomic mass is 9.80. The van der Waals surface area contributed by atoms with Crippen molar-refractivity contribution in [2.24, 2.45) is 0 Å². The largest absolute Gasteiger partial charge is 0.494 e. The zero-order chi connectivity index (χ0) is 25.8. The molecule has 5 aromatic rings. The summed E-state index contributed by atoms with van der Waals surface area (Å²) in [6.45, 7) is 2.23. The van der Waals surface area contributed by atoms with Crippen molar-refractivity contribution in [3.8, 4) is 28.5 Å². The Morgan fingerprint density at radius 3 is 2.03 bits per heavy atom. The second-order valence-electron chi connectivity index (χ2n) is 10.5. The van der Waals surface area contributed by atoms with Crippen LogP contribution in [0.5, 0.6) is 5.75 Å². The van der Waals surface area contributed by atoms with Crippen molar-refractivity contribution in [2.45, 2.75) is 58.5 Å². The zero-order valence-electron chi connectivity index (χ0n) is 22.0. The molecule has 2 aliphatic carbocycles. The summed E-state index contributed by atoms with van der Waals surface area (Å²) in [6, 6.07) is 16.7. The van der Waals surface area contributed by atoms with Gasteiger partial charge in [-0.3, -0.25) is 0 Å². The minimum Gasteiger partial charge on any atom is -0.494 e. The van der Waals surface area contributed by atoms with Gasteiger partial charge in [0.05, 0.1) is 42.0 Å². The zero-order valence-corrected chi connectivity index (χ0v) is 22.0. The number of nitrogens with zero attached hydrogens (tertiary/aromatic N) is 3. The summed E-state index contributed by atoms with van der Waals surface area (Å²) in [5, 5.41) is 12.2. The third-order valence-corrected chi connectivity index (χ3v) is 8.33. The summed E-state index contributed by atoms with van der Waals surface area (Å²) < 4.78 is 5.67. The third-order valence-electron chi connectivity index (χ3n) is 8.33. The molecule has 2 aliphatic rings. The predicted octanol–water partition coefficient (Wildman–Crippen LogP) is 6.55. The first-order chi connectivity index (χ1) is 18.7. The van der Waals surface area contributed by atoms with Gasteiger partial charge in [0.25, 0.3) is 0 Å². The second-order valence-corrected chi connectivity index (χ2v) is 10.5. The van der Waals surface area contributed by atoms with Crippen LogP contribution >= 0.6 is 0 Å². The van der Waals surface area contributed by atoms with Gasteiger partial charge in [0.2, 0.25) is 0 Å². The monoisotopic (exact) mass is 501 g/mol. The number of fused-ring (bicyclic) bond motifs is 8. The summed E-state index contributed by atoms with van der Waals surface area (Å²) >= 11 is 0. The van der Waals surface area contributed by atoms with E-state index in [9.17, 15) is 5.11 Å². The van der Waals surface area contributed by atoms with Crippen molar-refractivity contribution < 1.29 is 9.84 Å². The number of aromatic nitrogens is 3. The molecule has 190 valence electrons. The molecule has 0 saturated carbocycles. The Balaban J connectivity index is 1.51. The SMILES string of the molecule is CCCCc1c2c(nc3c1CCc1cc4cccc(OC)c4nc1-3)-c1nc3c(CO)cccc3cc1CC2. The number of pyridine rings is 3. The number of aryl methyl sites for hydroxylation is 2. The Bertz CT molecular complexity index is 1620. The highest BCUT2D eigenvalue weighted by atomic mass is 16.5. The molecule has 3 aromatic heterocycles. The van der Waals surface area contributed by atoms with Gasteiger partial charge in [0, 0.05) is 16.3 Å². The maximum absolute atomic E-state index is 10.00. The minimum atomic E-state index is -0.0262. The van der Waals surface area contributed by atoms with E-state index in [0.717, 1.165) is 101 Å². The van der Waals surface area contributed by atoms with Crippen molar-refractivity contribution in [2.75, 3.05) is 7.11 Å². The topological polar surface area (TPSA) is 68.1 Å². The highest BCUT2D eigenvalue weighted by molar-refractivity contribution is 5.90. The number of rotatable bonds is 5. The first-order valence-electron chi connectivity index (χ1n) is 13.7. The maximum atomic E-state index is 10.00. The van der Waals surface area contributed by atoms with Crippen LogP contribution in [0.15, 0.2) is 48.5 Å². The van der Waals surface area contributed by atoms with Gasteiger partial charge in [0.1, 0.15) is 11.3 Å². The predicted molar refractivity (Wildman–Crippen MR) is 152 cm³/mol. The molecular weight excluding hydrogens is 470 g/mol. The van der Waals surface area contributed by atoms with Crippen LogP contribution < -0.4 is 4.74 Å². The van der Waals surface area contributed by atoms with Gasteiger partial charge in [-0.25, -0.2) is 15.0 Å². The number of aliphatic hydroxyl groups is 1. The number of methoxy groups -OCH3 is 1. The third kappa shape index (κ3) is 3.52. The molecule has 0 fully saturated rings. The smallest absolute Gasteiger partial charge is 0.145 e. The molecule has 5 nitrogen and oxygen atoms in total. The number of benzene rings is 2. The number of unbranched alkanes of at least 4 members (excludes halogenated alkanes) is 1. The van der Waals surface area contributed by atoms with E-state index >= 15 is 0 Å². The van der Waals surface area contributed by atoms with Crippen LogP contribution in [0.2, 0.25) is 0 Å². The number of hydrogen-bond donors (Lipinski definition) is 1. The molecule has 5 heteroatoms. The molecule has 0 radical (unpaired) electrons. The second kappa shape index (κ2) is 9.17. The Morgan fingerprint density at radius 2 is 1.39 bits per heavy atom. The number of hydrogen-bond acceptors (Lipinski definition) is 5.